The second-order valence-corrected chi connectivity index (χ2v) is 5.40. The van der Waals surface area contributed by atoms with Crippen LogP contribution >= 0.6 is 0 Å². The van der Waals surface area contributed by atoms with E-state index >= 15 is 0 Å². The predicted molar refractivity (Wildman–Crippen MR) is 76.8 cm³/mol. The van der Waals surface area contributed by atoms with E-state index in [-0.39, 0.29) is 5.41 Å². The van der Waals surface area contributed by atoms with Gasteiger partial charge in [-0.25, -0.2) is 0 Å². The van der Waals surface area contributed by atoms with Crippen LogP contribution in [-0.2, 0) is 5.41 Å². The van der Waals surface area contributed by atoms with Crippen molar-refractivity contribution >= 4 is 0 Å². The summed E-state index contributed by atoms with van der Waals surface area (Å²) < 4.78 is 0. The first kappa shape index (κ1) is 13.7. The van der Waals surface area contributed by atoms with Crippen LogP contribution in [0.5, 0.6) is 0 Å². The molecule has 3 heteroatoms. The van der Waals surface area contributed by atoms with E-state index in [1.165, 1.54) is 0 Å². The third-order valence-electron chi connectivity index (χ3n) is 3.52. The molecule has 0 bridgehead atoms. The van der Waals surface area contributed by atoms with Crippen molar-refractivity contribution in [3.05, 3.63) is 65.5 Å². The van der Waals surface area contributed by atoms with Gasteiger partial charge < -0.3 is 10.8 Å². The molecule has 1 heterocycles. The van der Waals surface area contributed by atoms with E-state index in [2.05, 4.69) is 24.9 Å². The van der Waals surface area contributed by atoms with Crippen LogP contribution < -0.4 is 5.73 Å². The summed E-state index contributed by atoms with van der Waals surface area (Å²) in [6, 6.07) is 11.6. The second kappa shape index (κ2) is 5.51. The molecule has 0 saturated heterocycles. The number of pyridine rings is 1. The van der Waals surface area contributed by atoms with E-state index in [1.807, 2.05) is 30.3 Å². The molecule has 0 saturated carbocycles. The predicted octanol–water partition coefficient (Wildman–Crippen LogP) is 2.40. The highest BCUT2D eigenvalue weighted by molar-refractivity contribution is 5.34. The van der Waals surface area contributed by atoms with Crippen molar-refractivity contribution in [3.63, 3.8) is 0 Å². The van der Waals surface area contributed by atoms with Crippen molar-refractivity contribution in [2.45, 2.75) is 25.4 Å². The zero-order valence-corrected chi connectivity index (χ0v) is 11.4. The molecule has 0 amide bonds. The third-order valence-corrected chi connectivity index (χ3v) is 3.52. The van der Waals surface area contributed by atoms with Gasteiger partial charge in [-0.05, 0) is 28.8 Å². The summed E-state index contributed by atoms with van der Waals surface area (Å²) in [5.74, 6) is 0. The molecule has 0 fully saturated rings. The van der Waals surface area contributed by atoms with Gasteiger partial charge in [0, 0.05) is 24.4 Å². The molecule has 0 aliphatic rings. The van der Waals surface area contributed by atoms with Gasteiger partial charge in [0.15, 0.2) is 0 Å². The molecular formula is C16H20N2O. The molecule has 19 heavy (non-hydrogen) atoms. The highest BCUT2D eigenvalue weighted by Gasteiger charge is 2.20. The Morgan fingerprint density at radius 2 is 1.84 bits per heavy atom. The zero-order chi connectivity index (χ0) is 13.9. The Morgan fingerprint density at radius 3 is 2.47 bits per heavy atom. The summed E-state index contributed by atoms with van der Waals surface area (Å²) in [5.41, 5.74) is 8.58. The number of nitrogens with two attached hydrogens (primary N) is 1. The first-order chi connectivity index (χ1) is 9.04. The van der Waals surface area contributed by atoms with Gasteiger partial charge >= 0.3 is 0 Å². The van der Waals surface area contributed by atoms with Gasteiger partial charge in [0.25, 0.3) is 0 Å². The van der Waals surface area contributed by atoms with E-state index < -0.39 is 6.10 Å². The van der Waals surface area contributed by atoms with Crippen LogP contribution in [-0.4, -0.2) is 16.6 Å². The van der Waals surface area contributed by atoms with Crippen molar-refractivity contribution < 1.29 is 5.11 Å². The third kappa shape index (κ3) is 3.00. The van der Waals surface area contributed by atoms with E-state index in [4.69, 9.17) is 5.73 Å². The van der Waals surface area contributed by atoms with Gasteiger partial charge in [0.2, 0.25) is 0 Å². The SMILES string of the molecule is CC(C)(CN)c1cccc(C(O)c2ccncc2)c1. The molecule has 1 atom stereocenters. The monoisotopic (exact) mass is 256 g/mol. The van der Waals surface area contributed by atoms with Gasteiger partial charge in [-0.3, -0.25) is 4.98 Å². The standard InChI is InChI=1S/C16H20N2O/c1-16(2,11-17)14-5-3-4-13(10-14)15(19)12-6-8-18-9-7-12/h3-10,15,19H,11,17H2,1-2H3. The highest BCUT2D eigenvalue weighted by Crippen LogP contribution is 2.27. The average molecular weight is 256 g/mol. The van der Waals surface area contributed by atoms with Gasteiger partial charge in [-0.15, -0.1) is 0 Å². The fourth-order valence-corrected chi connectivity index (χ4v) is 1.99. The fraction of sp³-hybridized carbons (Fsp3) is 0.312. The Kier molecular flexibility index (Phi) is 3.98. The molecule has 0 radical (unpaired) electrons. The van der Waals surface area contributed by atoms with E-state index in [9.17, 15) is 5.11 Å². The van der Waals surface area contributed by atoms with Crippen LogP contribution in [0, 0.1) is 0 Å². The minimum Gasteiger partial charge on any atom is -0.384 e. The van der Waals surface area contributed by atoms with E-state index in [0.29, 0.717) is 6.54 Å². The number of hydrogen-bond donors (Lipinski definition) is 2. The first-order valence-electron chi connectivity index (χ1n) is 6.43. The summed E-state index contributed by atoms with van der Waals surface area (Å²) in [6.45, 7) is 4.78. The van der Waals surface area contributed by atoms with Gasteiger partial charge in [0.05, 0.1) is 0 Å². The maximum Gasteiger partial charge on any atom is 0.104 e. The summed E-state index contributed by atoms with van der Waals surface area (Å²) in [7, 11) is 0. The number of benzene rings is 1. The molecule has 0 aliphatic carbocycles. The Labute approximate surface area is 114 Å². The molecule has 2 aromatic rings. The first-order valence-corrected chi connectivity index (χ1v) is 6.43. The van der Waals surface area contributed by atoms with Crippen molar-refractivity contribution in [3.8, 4) is 0 Å². The maximum absolute atomic E-state index is 10.4. The van der Waals surface area contributed by atoms with Crippen molar-refractivity contribution in [1.29, 1.82) is 0 Å². The molecular weight excluding hydrogens is 236 g/mol. The van der Waals surface area contributed by atoms with Gasteiger partial charge in [-0.1, -0.05) is 38.1 Å². The summed E-state index contributed by atoms with van der Waals surface area (Å²) >= 11 is 0. The van der Waals surface area contributed by atoms with Crippen LogP contribution in [0.1, 0.15) is 36.6 Å². The molecule has 1 aromatic carbocycles. The molecule has 0 spiro atoms. The number of aliphatic hydroxyl groups excluding tert-OH is 1. The molecule has 0 aliphatic heterocycles. The number of aromatic nitrogens is 1. The maximum atomic E-state index is 10.4. The summed E-state index contributed by atoms with van der Waals surface area (Å²) in [4.78, 5) is 3.96. The second-order valence-electron chi connectivity index (χ2n) is 5.40. The Balaban J connectivity index is 2.34. The van der Waals surface area contributed by atoms with Crippen LogP contribution in [0.15, 0.2) is 48.8 Å². The number of nitrogens with zero attached hydrogens (tertiary/aromatic N) is 1. The van der Waals surface area contributed by atoms with Crippen molar-refractivity contribution in [1.82, 2.24) is 4.98 Å². The average Bonchev–Trinajstić information content (AvgIpc) is 2.47. The lowest BCUT2D eigenvalue weighted by Crippen LogP contribution is -2.28. The Morgan fingerprint density at radius 1 is 1.16 bits per heavy atom. The number of aliphatic hydroxyl groups is 1. The van der Waals surface area contributed by atoms with Crippen molar-refractivity contribution in [2.75, 3.05) is 6.54 Å². The molecule has 1 unspecified atom stereocenters. The van der Waals surface area contributed by atoms with Crippen LogP contribution in [0.4, 0.5) is 0 Å². The molecule has 100 valence electrons. The van der Waals surface area contributed by atoms with E-state index in [0.717, 1.165) is 16.7 Å². The molecule has 1 aromatic heterocycles. The lowest BCUT2D eigenvalue weighted by Gasteiger charge is -2.24. The summed E-state index contributed by atoms with van der Waals surface area (Å²) in [5, 5.41) is 10.4. The highest BCUT2D eigenvalue weighted by atomic mass is 16.3. The molecule has 2 rings (SSSR count). The topological polar surface area (TPSA) is 59.1 Å². The largest absolute Gasteiger partial charge is 0.384 e. The quantitative estimate of drug-likeness (QED) is 0.883. The molecule has 3 N–H and O–H groups in total. The van der Waals surface area contributed by atoms with Crippen LogP contribution in [0.2, 0.25) is 0 Å². The zero-order valence-electron chi connectivity index (χ0n) is 11.4. The minimum absolute atomic E-state index is 0.0893. The van der Waals surface area contributed by atoms with Crippen molar-refractivity contribution in [2.24, 2.45) is 5.73 Å². The smallest absolute Gasteiger partial charge is 0.104 e. The van der Waals surface area contributed by atoms with Gasteiger partial charge in [0.1, 0.15) is 6.10 Å². The lowest BCUT2D eigenvalue weighted by molar-refractivity contribution is 0.220. The molecule has 3 nitrogen and oxygen atoms in total. The number of hydrogen-bond acceptors (Lipinski definition) is 3. The van der Waals surface area contributed by atoms with Gasteiger partial charge in [-0.2, -0.15) is 0 Å². The Bertz CT molecular complexity index is 537. The normalized spacial score (nSPS) is 13.3. The van der Waals surface area contributed by atoms with Crippen LogP contribution in [0.3, 0.4) is 0 Å². The fourth-order valence-electron chi connectivity index (χ4n) is 1.99. The summed E-state index contributed by atoms with van der Waals surface area (Å²) in [6.07, 6.45) is 2.75. The number of rotatable bonds is 4. The Hall–Kier alpha value is -1.71. The lowest BCUT2D eigenvalue weighted by atomic mass is 9.83. The minimum atomic E-state index is -0.628. The van der Waals surface area contributed by atoms with Crippen LogP contribution in [0.25, 0.3) is 0 Å². The van der Waals surface area contributed by atoms with E-state index in [1.54, 1.807) is 12.4 Å².